The van der Waals surface area contributed by atoms with Crippen LogP contribution in [0.3, 0.4) is 0 Å². The lowest BCUT2D eigenvalue weighted by Crippen LogP contribution is -2.35. The van der Waals surface area contributed by atoms with Crippen LogP contribution in [0.15, 0.2) is 57.9 Å². The van der Waals surface area contributed by atoms with Crippen molar-refractivity contribution >= 4 is 34.7 Å². The first-order valence-corrected chi connectivity index (χ1v) is 11.7. The molecular weight excluding hydrogens is 424 g/mol. The van der Waals surface area contributed by atoms with Crippen molar-refractivity contribution in [3.05, 3.63) is 65.8 Å². The molecule has 2 aromatic carbocycles. The number of nitrogens with one attached hydrogen (secondary N) is 1. The van der Waals surface area contributed by atoms with E-state index in [0.29, 0.717) is 24.0 Å². The Balaban J connectivity index is 1.27. The summed E-state index contributed by atoms with van der Waals surface area (Å²) in [4.78, 5) is 30.9. The molecule has 0 saturated carbocycles. The fourth-order valence-electron chi connectivity index (χ4n) is 3.90. The Morgan fingerprint density at radius 2 is 1.91 bits per heavy atom. The highest BCUT2D eigenvalue weighted by atomic mass is 32.2. The van der Waals surface area contributed by atoms with Crippen molar-refractivity contribution in [2.75, 3.05) is 31.1 Å². The monoisotopic (exact) mass is 448 g/mol. The number of carbonyl (C=O) groups is 1. The van der Waals surface area contributed by atoms with Crippen LogP contribution < -0.4 is 4.90 Å². The number of para-hydroxylation sites is 2. The van der Waals surface area contributed by atoms with E-state index in [1.54, 1.807) is 18.7 Å². The fourth-order valence-corrected chi connectivity index (χ4v) is 4.79. The number of fused-ring (bicyclic) bond motifs is 1. The SMILES string of the molecule is Cc1nc(CSc2ccccc2C(=O)N2CCCN(c3nc4ccccc4[nH]3)CC2)no1. The first-order chi connectivity index (χ1) is 15.7. The molecule has 5 rings (SSSR count). The average molecular weight is 449 g/mol. The summed E-state index contributed by atoms with van der Waals surface area (Å²) < 4.78 is 5.04. The lowest BCUT2D eigenvalue weighted by molar-refractivity contribution is 0.0763. The molecule has 1 saturated heterocycles. The van der Waals surface area contributed by atoms with Crippen LogP contribution in [0, 0.1) is 6.92 Å². The van der Waals surface area contributed by atoms with Crippen LogP contribution in [-0.4, -0.2) is 57.1 Å². The van der Waals surface area contributed by atoms with E-state index in [0.717, 1.165) is 53.5 Å². The number of aromatic nitrogens is 4. The van der Waals surface area contributed by atoms with Gasteiger partial charge >= 0.3 is 0 Å². The van der Waals surface area contributed by atoms with Crippen LogP contribution in [0.5, 0.6) is 0 Å². The van der Waals surface area contributed by atoms with Gasteiger partial charge < -0.3 is 19.3 Å². The molecule has 32 heavy (non-hydrogen) atoms. The lowest BCUT2D eigenvalue weighted by Gasteiger charge is -2.22. The quantitative estimate of drug-likeness (QED) is 0.463. The van der Waals surface area contributed by atoms with Crippen LogP contribution >= 0.6 is 11.8 Å². The Hall–Kier alpha value is -3.33. The summed E-state index contributed by atoms with van der Waals surface area (Å²) in [5.74, 6) is 2.66. The summed E-state index contributed by atoms with van der Waals surface area (Å²) in [6, 6.07) is 15.8. The predicted octanol–water partition coefficient (Wildman–Crippen LogP) is 3.90. The number of aromatic amines is 1. The number of H-pyrrole nitrogens is 1. The number of anilines is 1. The molecular formula is C23H24N6O2S. The van der Waals surface area contributed by atoms with Crippen molar-refractivity contribution in [3.8, 4) is 0 Å². The van der Waals surface area contributed by atoms with Crippen molar-refractivity contribution in [1.29, 1.82) is 0 Å². The molecule has 164 valence electrons. The largest absolute Gasteiger partial charge is 0.341 e. The summed E-state index contributed by atoms with van der Waals surface area (Å²) in [7, 11) is 0. The second-order valence-electron chi connectivity index (χ2n) is 7.72. The second kappa shape index (κ2) is 9.04. The molecule has 0 atom stereocenters. The first kappa shape index (κ1) is 20.6. The van der Waals surface area contributed by atoms with Crippen LogP contribution in [0.1, 0.15) is 28.5 Å². The zero-order valence-corrected chi connectivity index (χ0v) is 18.6. The summed E-state index contributed by atoms with van der Waals surface area (Å²) in [5, 5.41) is 3.94. The number of imidazole rings is 1. The number of benzene rings is 2. The summed E-state index contributed by atoms with van der Waals surface area (Å²) in [6.07, 6.45) is 0.889. The standard InChI is InChI=1S/C23H24N6O2S/c1-16-24-21(27-31-16)15-32-20-10-5-2-7-17(20)22(30)28-11-6-12-29(14-13-28)23-25-18-8-3-4-9-19(18)26-23/h2-5,7-10H,6,11-15H2,1H3,(H,25,26). The molecule has 3 heterocycles. The molecule has 1 N–H and O–H groups in total. The Bertz CT molecular complexity index is 1200. The topological polar surface area (TPSA) is 91.2 Å². The van der Waals surface area contributed by atoms with Gasteiger partial charge in [-0.15, -0.1) is 11.8 Å². The molecule has 4 aromatic rings. The van der Waals surface area contributed by atoms with E-state index in [1.807, 2.05) is 53.4 Å². The van der Waals surface area contributed by atoms with E-state index < -0.39 is 0 Å². The van der Waals surface area contributed by atoms with Gasteiger partial charge in [-0.2, -0.15) is 4.98 Å². The molecule has 1 fully saturated rings. The lowest BCUT2D eigenvalue weighted by atomic mass is 10.2. The van der Waals surface area contributed by atoms with Gasteiger partial charge in [-0.25, -0.2) is 4.98 Å². The average Bonchev–Trinajstić information content (AvgIpc) is 3.35. The number of thioether (sulfide) groups is 1. The van der Waals surface area contributed by atoms with Gasteiger partial charge in [-0.05, 0) is 30.7 Å². The van der Waals surface area contributed by atoms with E-state index >= 15 is 0 Å². The molecule has 1 amide bonds. The molecule has 8 nitrogen and oxygen atoms in total. The van der Waals surface area contributed by atoms with Gasteiger partial charge in [0.2, 0.25) is 11.8 Å². The third-order valence-electron chi connectivity index (χ3n) is 5.50. The normalized spacial score (nSPS) is 14.7. The van der Waals surface area contributed by atoms with E-state index in [4.69, 9.17) is 9.51 Å². The molecule has 0 bridgehead atoms. The molecule has 1 aliphatic rings. The van der Waals surface area contributed by atoms with Crippen LogP contribution in [0.2, 0.25) is 0 Å². The highest BCUT2D eigenvalue weighted by Gasteiger charge is 2.23. The van der Waals surface area contributed by atoms with Crippen molar-refractivity contribution < 1.29 is 9.32 Å². The predicted molar refractivity (Wildman–Crippen MR) is 124 cm³/mol. The van der Waals surface area contributed by atoms with E-state index in [9.17, 15) is 4.79 Å². The molecule has 0 aliphatic carbocycles. The van der Waals surface area contributed by atoms with Gasteiger partial charge in [0.1, 0.15) is 0 Å². The van der Waals surface area contributed by atoms with E-state index in [-0.39, 0.29) is 5.91 Å². The van der Waals surface area contributed by atoms with Gasteiger partial charge in [-0.3, -0.25) is 4.79 Å². The van der Waals surface area contributed by atoms with Gasteiger partial charge in [0.05, 0.1) is 22.3 Å². The number of amides is 1. The molecule has 0 radical (unpaired) electrons. The van der Waals surface area contributed by atoms with Gasteiger partial charge in [-0.1, -0.05) is 29.4 Å². The van der Waals surface area contributed by atoms with Gasteiger partial charge in [0.25, 0.3) is 5.91 Å². The van der Waals surface area contributed by atoms with E-state index in [2.05, 4.69) is 20.0 Å². The highest BCUT2D eigenvalue weighted by molar-refractivity contribution is 7.98. The maximum atomic E-state index is 13.4. The zero-order chi connectivity index (χ0) is 21.9. The van der Waals surface area contributed by atoms with Crippen molar-refractivity contribution in [1.82, 2.24) is 25.0 Å². The van der Waals surface area contributed by atoms with Crippen LogP contribution in [0.4, 0.5) is 5.95 Å². The zero-order valence-electron chi connectivity index (χ0n) is 17.8. The Labute approximate surface area is 190 Å². The maximum Gasteiger partial charge on any atom is 0.255 e. The highest BCUT2D eigenvalue weighted by Crippen LogP contribution is 2.27. The Morgan fingerprint density at radius 3 is 2.75 bits per heavy atom. The second-order valence-corrected chi connectivity index (χ2v) is 8.74. The molecule has 1 aliphatic heterocycles. The number of carbonyl (C=O) groups excluding carboxylic acids is 1. The molecule has 9 heteroatoms. The van der Waals surface area contributed by atoms with Crippen molar-refractivity contribution in [2.24, 2.45) is 0 Å². The van der Waals surface area contributed by atoms with Crippen molar-refractivity contribution in [3.63, 3.8) is 0 Å². The minimum atomic E-state index is 0.0591. The maximum absolute atomic E-state index is 13.4. The van der Waals surface area contributed by atoms with Crippen molar-refractivity contribution in [2.45, 2.75) is 24.0 Å². The number of hydrogen-bond acceptors (Lipinski definition) is 7. The first-order valence-electron chi connectivity index (χ1n) is 10.7. The Morgan fingerprint density at radius 1 is 1.06 bits per heavy atom. The number of nitrogens with zero attached hydrogens (tertiary/aromatic N) is 5. The Kier molecular flexibility index (Phi) is 5.81. The number of aryl methyl sites for hydroxylation is 1. The van der Waals surface area contributed by atoms with Gasteiger partial charge in [0, 0.05) is 38.0 Å². The summed E-state index contributed by atoms with van der Waals surface area (Å²) in [5.41, 5.74) is 2.71. The minimum Gasteiger partial charge on any atom is -0.341 e. The summed E-state index contributed by atoms with van der Waals surface area (Å²) in [6.45, 7) is 4.74. The van der Waals surface area contributed by atoms with Gasteiger partial charge in [0.15, 0.2) is 5.82 Å². The van der Waals surface area contributed by atoms with Crippen LogP contribution in [0.25, 0.3) is 11.0 Å². The molecule has 2 aromatic heterocycles. The molecule has 0 spiro atoms. The fraction of sp³-hybridized carbons (Fsp3) is 0.304. The van der Waals surface area contributed by atoms with E-state index in [1.165, 1.54) is 0 Å². The van der Waals surface area contributed by atoms with Crippen LogP contribution in [-0.2, 0) is 5.75 Å². The summed E-state index contributed by atoms with van der Waals surface area (Å²) >= 11 is 1.55. The number of hydrogen-bond donors (Lipinski definition) is 1. The minimum absolute atomic E-state index is 0.0591. The third kappa shape index (κ3) is 4.34. The third-order valence-corrected chi connectivity index (χ3v) is 6.57. The molecule has 0 unspecified atom stereocenters. The smallest absolute Gasteiger partial charge is 0.255 e. The number of rotatable bonds is 5.